The minimum absolute atomic E-state index is 0.0140. The highest BCUT2D eigenvalue weighted by molar-refractivity contribution is 6.09. The Morgan fingerprint density at radius 3 is 2.45 bits per heavy atom. The molecule has 2 aromatic rings. The number of nitrogens with one attached hydrogen (secondary N) is 1. The van der Waals surface area contributed by atoms with Crippen LogP contribution in [0, 0.1) is 25.2 Å². The molecule has 7 heteroatoms. The molecule has 1 fully saturated rings. The van der Waals surface area contributed by atoms with Crippen LogP contribution in [0.4, 0.5) is 11.4 Å². The van der Waals surface area contributed by atoms with E-state index in [-0.39, 0.29) is 11.1 Å². The molecule has 7 nitrogen and oxygen atoms in total. The van der Waals surface area contributed by atoms with Gasteiger partial charge in [-0.1, -0.05) is 24.3 Å². The van der Waals surface area contributed by atoms with E-state index < -0.39 is 11.9 Å². The summed E-state index contributed by atoms with van der Waals surface area (Å²) in [5, 5.41) is 12.2. The number of hydrogen-bond donors (Lipinski definition) is 1. The van der Waals surface area contributed by atoms with Crippen molar-refractivity contribution in [1.82, 2.24) is 4.90 Å². The zero-order chi connectivity index (χ0) is 22.4. The number of benzene rings is 2. The van der Waals surface area contributed by atoms with Gasteiger partial charge in [0.25, 0.3) is 5.91 Å². The first kappa shape index (κ1) is 21.9. The summed E-state index contributed by atoms with van der Waals surface area (Å²) in [6.45, 7) is 7.23. The highest BCUT2D eigenvalue weighted by atomic mass is 16.5. The predicted molar refractivity (Wildman–Crippen MR) is 120 cm³/mol. The molecule has 3 rings (SSSR count). The molecular weight excluding hydrogens is 392 g/mol. The van der Waals surface area contributed by atoms with Gasteiger partial charge in [-0.3, -0.25) is 4.79 Å². The third-order valence-electron chi connectivity index (χ3n) is 5.49. The summed E-state index contributed by atoms with van der Waals surface area (Å²) in [7, 11) is 1.28. The second kappa shape index (κ2) is 9.81. The number of rotatable bonds is 5. The lowest BCUT2D eigenvalue weighted by Gasteiger charge is -2.36. The molecule has 31 heavy (non-hydrogen) atoms. The summed E-state index contributed by atoms with van der Waals surface area (Å²) < 4.78 is 4.75. The third-order valence-corrected chi connectivity index (χ3v) is 5.49. The van der Waals surface area contributed by atoms with Crippen molar-refractivity contribution in [1.29, 1.82) is 5.26 Å². The summed E-state index contributed by atoms with van der Waals surface area (Å²) in [5.74, 6) is -1.11. The van der Waals surface area contributed by atoms with E-state index in [4.69, 9.17) is 4.74 Å². The summed E-state index contributed by atoms with van der Waals surface area (Å²) in [5.41, 5.74) is 4.28. The number of piperazine rings is 1. The van der Waals surface area contributed by atoms with Gasteiger partial charge in [0.1, 0.15) is 11.6 Å². The van der Waals surface area contributed by atoms with E-state index in [1.165, 1.54) is 23.9 Å². The van der Waals surface area contributed by atoms with Gasteiger partial charge in [0, 0.05) is 38.1 Å². The molecule has 0 bridgehead atoms. The monoisotopic (exact) mass is 418 g/mol. The van der Waals surface area contributed by atoms with Crippen LogP contribution < -0.4 is 10.2 Å². The fraction of sp³-hybridized carbons (Fsp3) is 0.292. The van der Waals surface area contributed by atoms with Gasteiger partial charge >= 0.3 is 5.97 Å². The number of aryl methyl sites for hydroxylation is 1. The number of para-hydroxylation sites is 1. The standard InChI is InChI=1S/C24H26N4O3/c1-17-7-6-10-22(18(17)2)28-13-11-27(12-14-28)16-19(15-25)23(29)26-21-9-5-4-8-20(21)24(30)31-3/h4-10,16H,11-14H2,1-3H3,(H,26,29)/b19-16-. The zero-order valence-electron chi connectivity index (χ0n) is 18.0. The van der Waals surface area contributed by atoms with Crippen LogP contribution in [-0.4, -0.2) is 50.1 Å². The summed E-state index contributed by atoms with van der Waals surface area (Å²) in [4.78, 5) is 28.9. The minimum Gasteiger partial charge on any atom is -0.465 e. The van der Waals surface area contributed by atoms with Crippen LogP contribution in [0.2, 0.25) is 0 Å². The third kappa shape index (κ3) is 5.04. The van der Waals surface area contributed by atoms with Gasteiger partial charge < -0.3 is 19.9 Å². The van der Waals surface area contributed by atoms with E-state index in [1.54, 1.807) is 30.5 Å². The Morgan fingerprint density at radius 1 is 1.06 bits per heavy atom. The van der Waals surface area contributed by atoms with E-state index in [9.17, 15) is 14.9 Å². The van der Waals surface area contributed by atoms with E-state index in [0.29, 0.717) is 18.8 Å². The first-order chi connectivity index (χ1) is 14.9. The Hall–Kier alpha value is -3.79. The molecule has 0 unspecified atom stereocenters. The lowest BCUT2D eigenvalue weighted by molar-refractivity contribution is -0.112. The Bertz CT molecular complexity index is 1050. The van der Waals surface area contributed by atoms with Crippen molar-refractivity contribution >= 4 is 23.3 Å². The average molecular weight is 418 g/mol. The van der Waals surface area contributed by atoms with Crippen LogP contribution in [0.3, 0.4) is 0 Å². The number of amides is 1. The molecule has 1 amide bonds. The first-order valence-electron chi connectivity index (χ1n) is 10.1. The van der Waals surface area contributed by atoms with Crippen molar-refractivity contribution in [2.24, 2.45) is 0 Å². The van der Waals surface area contributed by atoms with Gasteiger partial charge in [-0.2, -0.15) is 5.26 Å². The molecule has 1 aliphatic rings. The van der Waals surface area contributed by atoms with E-state index in [0.717, 1.165) is 13.1 Å². The van der Waals surface area contributed by atoms with Gasteiger partial charge in [-0.25, -0.2) is 4.79 Å². The summed E-state index contributed by atoms with van der Waals surface area (Å²) in [6, 6.07) is 14.8. The number of nitrogens with zero attached hydrogens (tertiary/aromatic N) is 3. The van der Waals surface area contributed by atoms with Gasteiger partial charge in [-0.05, 0) is 43.2 Å². The molecule has 0 saturated carbocycles. The second-order valence-electron chi connectivity index (χ2n) is 7.39. The van der Waals surface area contributed by atoms with Gasteiger partial charge in [0.05, 0.1) is 18.4 Å². The maximum Gasteiger partial charge on any atom is 0.339 e. The fourth-order valence-electron chi connectivity index (χ4n) is 3.56. The zero-order valence-corrected chi connectivity index (χ0v) is 18.0. The maximum absolute atomic E-state index is 12.7. The van der Waals surface area contributed by atoms with Crippen molar-refractivity contribution in [3.8, 4) is 6.07 Å². The van der Waals surface area contributed by atoms with Crippen molar-refractivity contribution in [3.05, 3.63) is 70.9 Å². The molecule has 0 aromatic heterocycles. The molecule has 0 aliphatic carbocycles. The average Bonchev–Trinajstić information content (AvgIpc) is 2.79. The topological polar surface area (TPSA) is 85.7 Å². The van der Waals surface area contributed by atoms with Crippen molar-refractivity contribution in [3.63, 3.8) is 0 Å². The summed E-state index contributed by atoms with van der Waals surface area (Å²) in [6.07, 6.45) is 1.59. The smallest absolute Gasteiger partial charge is 0.339 e. The largest absolute Gasteiger partial charge is 0.465 e. The lowest BCUT2D eigenvalue weighted by atomic mass is 10.1. The van der Waals surface area contributed by atoms with Crippen molar-refractivity contribution in [2.45, 2.75) is 13.8 Å². The Kier molecular flexibility index (Phi) is 6.93. The molecule has 1 saturated heterocycles. The Balaban J connectivity index is 1.68. The number of esters is 1. The molecule has 1 aliphatic heterocycles. The molecule has 1 heterocycles. The number of carbonyl (C=O) groups excluding carboxylic acids is 2. The Morgan fingerprint density at radius 2 is 1.77 bits per heavy atom. The summed E-state index contributed by atoms with van der Waals surface area (Å²) >= 11 is 0. The minimum atomic E-state index is -0.559. The van der Waals surface area contributed by atoms with Crippen LogP contribution in [0.5, 0.6) is 0 Å². The number of ether oxygens (including phenoxy) is 1. The molecule has 2 aromatic carbocycles. The normalized spacial score (nSPS) is 14.1. The highest BCUT2D eigenvalue weighted by Crippen LogP contribution is 2.24. The SMILES string of the molecule is COC(=O)c1ccccc1NC(=O)/C(C#N)=C\N1CCN(c2cccc(C)c2C)CC1. The molecule has 0 radical (unpaired) electrons. The number of anilines is 2. The number of nitriles is 1. The molecule has 160 valence electrons. The number of carbonyl (C=O) groups is 2. The van der Waals surface area contributed by atoms with E-state index >= 15 is 0 Å². The lowest BCUT2D eigenvalue weighted by Crippen LogP contribution is -2.44. The number of methoxy groups -OCH3 is 1. The maximum atomic E-state index is 12.7. The molecular formula is C24H26N4O3. The van der Waals surface area contributed by atoms with Crippen LogP contribution in [0.25, 0.3) is 0 Å². The quantitative estimate of drug-likeness (QED) is 0.456. The molecule has 0 spiro atoms. The Labute approximate surface area is 182 Å². The van der Waals surface area contributed by atoms with Crippen LogP contribution in [0.1, 0.15) is 21.5 Å². The van der Waals surface area contributed by atoms with Crippen LogP contribution in [0.15, 0.2) is 54.2 Å². The van der Waals surface area contributed by atoms with Gasteiger partial charge in [0.15, 0.2) is 0 Å². The van der Waals surface area contributed by atoms with Gasteiger partial charge in [0.2, 0.25) is 0 Å². The number of hydrogen-bond acceptors (Lipinski definition) is 6. The van der Waals surface area contributed by atoms with E-state index in [1.807, 2.05) is 11.0 Å². The van der Waals surface area contributed by atoms with Crippen LogP contribution in [-0.2, 0) is 9.53 Å². The first-order valence-corrected chi connectivity index (χ1v) is 10.1. The molecule has 0 atom stereocenters. The van der Waals surface area contributed by atoms with Crippen LogP contribution >= 0.6 is 0 Å². The molecule has 1 N–H and O–H groups in total. The predicted octanol–water partition coefficient (Wildman–Crippen LogP) is 3.26. The van der Waals surface area contributed by atoms with E-state index in [2.05, 4.69) is 42.3 Å². The van der Waals surface area contributed by atoms with Crippen molar-refractivity contribution in [2.75, 3.05) is 43.5 Å². The fourth-order valence-corrected chi connectivity index (χ4v) is 3.56. The van der Waals surface area contributed by atoms with Crippen molar-refractivity contribution < 1.29 is 14.3 Å². The second-order valence-corrected chi connectivity index (χ2v) is 7.39. The van der Waals surface area contributed by atoms with Gasteiger partial charge in [-0.15, -0.1) is 0 Å². The highest BCUT2D eigenvalue weighted by Gasteiger charge is 2.20.